The van der Waals surface area contributed by atoms with E-state index in [-0.39, 0.29) is 28.5 Å². The molecule has 0 saturated heterocycles. The van der Waals surface area contributed by atoms with Crippen LogP contribution in [0.5, 0.6) is 0 Å². The first kappa shape index (κ1) is 40.2. The van der Waals surface area contributed by atoms with E-state index in [9.17, 15) is 0 Å². The van der Waals surface area contributed by atoms with Crippen molar-refractivity contribution in [2.45, 2.75) is 103 Å². The van der Waals surface area contributed by atoms with E-state index in [1.165, 1.54) is 119 Å². The van der Waals surface area contributed by atoms with Gasteiger partial charge in [-0.1, -0.05) is 171 Å². The van der Waals surface area contributed by atoms with Crippen LogP contribution in [0.4, 0.5) is 28.4 Å². The molecule has 2 nitrogen and oxygen atoms in total. The predicted octanol–water partition coefficient (Wildman–Crippen LogP) is 15.6. The quantitative estimate of drug-likeness (QED) is 0.163. The Hall–Kier alpha value is -6.32. The molecule has 2 aliphatic carbocycles. The summed E-state index contributed by atoms with van der Waals surface area (Å²) in [5.41, 5.74) is 22.8. The van der Waals surface area contributed by atoms with Crippen molar-refractivity contribution >= 4 is 57.0 Å². The molecule has 8 aromatic rings. The lowest BCUT2D eigenvalue weighted by atomic mass is 9.42. The molecule has 0 radical (unpaired) electrons. The lowest BCUT2D eigenvalue weighted by molar-refractivity contribution is 0.332. The number of rotatable bonds is 4. The third-order valence-corrected chi connectivity index (χ3v) is 16.4. The van der Waals surface area contributed by atoms with Crippen LogP contribution in [0.1, 0.15) is 103 Å². The van der Waals surface area contributed by atoms with E-state index >= 15 is 0 Å². The Morgan fingerprint density at radius 2 is 0.923 bits per heavy atom. The molecular formula is C62H59BN2. The molecule has 320 valence electrons. The maximum atomic E-state index is 2.75. The molecule has 0 fully saturated rings. The Bertz CT molecular complexity index is 3210. The fraction of sp³-hybridized carbons (Fsp3) is 0.258. The first-order chi connectivity index (χ1) is 31.2. The van der Waals surface area contributed by atoms with Crippen molar-refractivity contribution in [2.75, 3.05) is 9.71 Å². The summed E-state index contributed by atoms with van der Waals surface area (Å²) in [6.07, 6.45) is 4.70. The minimum Gasteiger partial charge on any atom is -0.376 e. The van der Waals surface area contributed by atoms with Crippen molar-refractivity contribution in [3.8, 4) is 33.4 Å². The van der Waals surface area contributed by atoms with E-state index in [0.717, 1.165) is 12.8 Å². The monoisotopic (exact) mass is 842 g/mol. The van der Waals surface area contributed by atoms with Gasteiger partial charge in [-0.15, -0.1) is 0 Å². The zero-order chi connectivity index (χ0) is 44.6. The molecule has 0 amide bonds. The van der Waals surface area contributed by atoms with Crippen molar-refractivity contribution < 1.29 is 0 Å². The standard InChI is InChI=1S/C62H59BN2/c1-59(2)31-32-60(3,4)51-37-46(28-29-50(51)59)65-55-30-25-43(41-19-13-10-14-20-41)35-48(55)49-36-44-21-15-16-22-47(44)58-57(49)63(65)54-38-52-53(62(7,8)34-33-61(52,5)6)39-56(54)64(58)45-26-23-42(24-27-45)40-17-11-9-12-18-40/h9-30,35-39H,31-34H2,1-8H3. The van der Waals surface area contributed by atoms with Gasteiger partial charge in [-0.3, -0.25) is 0 Å². The number of benzene rings is 8. The van der Waals surface area contributed by atoms with Crippen LogP contribution in [0.15, 0.2) is 164 Å². The third kappa shape index (κ3) is 6.14. The SMILES string of the molecule is CC1(C)CCC(C)(C)c2cc(N3B4c5cc6c(cc5N(c5ccc(-c7ccccc7)cc5)c5c4c(cc4ccccc54)-c4cc(-c5ccccc5)ccc43)C(C)(C)CCC6(C)C)ccc21. The molecule has 2 heterocycles. The zero-order valence-electron chi connectivity index (χ0n) is 39.4. The van der Waals surface area contributed by atoms with Crippen LogP contribution < -0.4 is 20.6 Å². The van der Waals surface area contributed by atoms with Gasteiger partial charge in [0.25, 0.3) is 0 Å². The van der Waals surface area contributed by atoms with E-state index in [1.54, 1.807) is 0 Å². The van der Waals surface area contributed by atoms with Gasteiger partial charge in [0.15, 0.2) is 0 Å². The molecule has 65 heavy (non-hydrogen) atoms. The van der Waals surface area contributed by atoms with E-state index in [0.29, 0.717) is 0 Å². The summed E-state index contributed by atoms with van der Waals surface area (Å²) in [7, 11) is 0. The van der Waals surface area contributed by atoms with Crippen molar-refractivity contribution in [2.24, 2.45) is 0 Å². The maximum absolute atomic E-state index is 2.75. The van der Waals surface area contributed by atoms with Crippen molar-refractivity contribution in [1.82, 2.24) is 0 Å². The fourth-order valence-electron chi connectivity index (χ4n) is 12.3. The molecule has 0 aromatic heterocycles. The molecule has 0 saturated carbocycles. The highest BCUT2D eigenvalue weighted by Crippen LogP contribution is 2.54. The van der Waals surface area contributed by atoms with Crippen LogP contribution in [0.25, 0.3) is 44.2 Å². The maximum Gasteiger partial charge on any atom is 0.333 e. The van der Waals surface area contributed by atoms with Crippen molar-refractivity contribution in [1.29, 1.82) is 0 Å². The largest absolute Gasteiger partial charge is 0.376 e. The summed E-state index contributed by atoms with van der Waals surface area (Å²) in [5, 5.41) is 2.54. The Kier molecular flexibility index (Phi) is 8.72. The van der Waals surface area contributed by atoms with Gasteiger partial charge >= 0.3 is 6.85 Å². The molecule has 8 aromatic carbocycles. The minimum absolute atomic E-state index is 0.0382. The molecular weight excluding hydrogens is 784 g/mol. The highest BCUT2D eigenvalue weighted by molar-refractivity contribution is 6.94. The second kappa shape index (κ2) is 14.1. The van der Waals surface area contributed by atoms with Gasteiger partial charge in [-0.05, 0) is 162 Å². The van der Waals surface area contributed by atoms with Crippen LogP contribution in [-0.4, -0.2) is 6.85 Å². The van der Waals surface area contributed by atoms with Gasteiger partial charge in [-0.2, -0.15) is 0 Å². The molecule has 0 spiro atoms. The van der Waals surface area contributed by atoms with Crippen LogP contribution in [0.3, 0.4) is 0 Å². The number of hydrogen-bond acceptors (Lipinski definition) is 2. The first-order valence-electron chi connectivity index (χ1n) is 24.0. The summed E-state index contributed by atoms with van der Waals surface area (Å²) < 4.78 is 0. The van der Waals surface area contributed by atoms with Crippen LogP contribution in [-0.2, 0) is 21.7 Å². The average molecular weight is 843 g/mol. The summed E-state index contributed by atoms with van der Waals surface area (Å²) in [6.45, 7) is 19.7. The smallest absolute Gasteiger partial charge is 0.333 e. The van der Waals surface area contributed by atoms with E-state index in [2.05, 4.69) is 229 Å². The highest BCUT2D eigenvalue weighted by Gasteiger charge is 2.49. The molecule has 3 heteroatoms. The van der Waals surface area contributed by atoms with Gasteiger partial charge in [-0.25, -0.2) is 0 Å². The number of hydrogen-bond donors (Lipinski definition) is 0. The minimum atomic E-state index is -0.0709. The van der Waals surface area contributed by atoms with Crippen LogP contribution in [0.2, 0.25) is 0 Å². The number of anilines is 5. The summed E-state index contributed by atoms with van der Waals surface area (Å²) in [4.78, 5) is 5.41. The van der Waals surface area contributed by atoms with Crippen LogP contribution in [0, 0.1) is 0 Å². The number of nitrogens with zero attached hydrogens (tertiary/aromatic N) is 2. The normalized spacial score (nSPS) is 18.0. The fourth-order valence-corrected chi connectivity index (χ4v) is 12.3. The Labute approximate surface area is 387 Å². The third-order valence-electron chi connectivity index (χ3n) is 16.4. The zero-order valence-corrected chi connectivity index (χ0v) is 39.4. The lowest BCUT2D eigenvalue weighted by Gasteiger charge is -2.49. The predicted molar refractivity (Wildman–Crippen MR) is 279 cm³/mol. The Morgan fingerprint density at radius 1 is 0.400 bits per heavy atom. The summed E-state index contributed by atoms with van der Waals surface area (Å²) in [6, 6.07) is 62.9. The molecule has 0 bridgehead atoms. The Balaban J connectivity index is 1.21. The van der Waals surface area contributed by atoms with Crippen molar-refractivity contribution in [3.63, 3.8) is 0 Å². The van der Waals surface area contributed by atoms with Gasteiger partial charge < -0.3 is 9.71 Å². The average Bonchev–Trinajstić information content (AvgIpc) is 3.32. The lowest BCUT2D eigenvalue weighted by Crippen LogP contribution is -2.62. The van der Waals surface area contributed by atoms with Crippen LogP contribution >= 0.6 is 0 Å². The van der Waals surface area contributed by atoms with E-state index in [1.807, 2.05) is 0 Å². The first-order valence-corrected chi connectivity index (χ1v) is 24.0. The molecule has 2 aliphatic heterocycles. The summed E-state index contributed by atoms with van der Waals surface area (Å²) in [5.74, 6) is 0. The second-order valence-corrected chi connectivity index (χ2v) is 22.2. The van der Waals surface area contributed by atoms with Crippen molar-refractivity contribution in [3.05, 3.63) is 186 Å². The Morgan fingerprint density at radius 3 is 1.58 bits per heavy atom. The van der Waals surface area contributed by atoms with E-state index in [4.69, 9.17) is 0 Å². The van der Waals surface area contributed by atoms with Gasteiger partial charge in [0.05, 0.1) is 5.69 Å². The molecule has 12 rings (SSSR count). The topological polar surface area (TPSA) is 6.48 Å². The molecule has 0 unspecified atom stereocenters. The number of fused-ring (bicyclic) bond motifs is 8. The highest BCUT2D eigenvalue weighted by atomic mass is 15.2. The van der Waals surface area contributed by atoms with E-state index < -0.39 is 0 Å². The van der Waals surface area contributed by atoms with Gasteiger partial charge in [0.1, 0.15) is 0 Å². The summed E-state index contributed by atoms with van der Waals surface area (Å²) >= 11 is 0. The van der Waals surface area contributed by atoms with Gasteiger partial charge in [0, 0.05) is 33.7 Å². The van der Waals surface area contributed by atoms with Gasteiger partial charge in [0.2, 0.25) is 0 Å². The molecule has 0 atom stereocenters. The molecule has 4 aliphatic rings. The molecule has 0 N–H and O–H groups in total. The second-order valence-electron chi connectivity index (χ2n) is 22.2.